The first-order valence-electron chi connectivity index (χ1n) is 7.59. The zero-order valence-electron chi connectivity index (χ0n) is 12.2. The van der Waals surface area contributed by atoms with E-state index in [0.717, 1.165) is 12.8 Å². The highest BCUT2D eigenvalue weighted by molar-refractivity contribution is 6.21. The van der Waals surface area contributed by atoms with Crippen LogP contribution in [0.3, 0.4) is 0 Å². The lowest BCUT2D eigenvalue weighted by molar-refractivity contribution is 0.676. The van der Waals surface area contributed by atoms with Crippen molar-refractivity contribution in [2.75, 3.05) is 0 Å². The van der Waals surface area contributed by atoms with Crippen molar-refractivity contribution in [2.45, 2.75) is 24.3 Å². The SMILES string of the molecule is ClC1Cc2ccc(C(c3ccccc3)n3ccnc3)cc2C1. The fourth-order valence-corrected chi connectivity index (χ4v) is 3.68. The van der Waals surface area contributed by atoms with E-state index in [0.29, 0.717) is 0 Å². The molecule has 0 spiro atoms. The van der Waals surface area contributed by atoms with Crippen molar-refractivity contribution in [3.63, 3.8) is 0 Å². The molecule has 3 aromatic rings. The first-order valence-corrected chi connectivity index (χ1v) is 8.03. The second-order valence-electron chi connectivity index (χ2n) is 5.86. The molecule has 0 aliphatic heterocycles. The number of imidazole rings is 1. The van der Waals surface area contributed by atoms with Crippen LogP contribution < -0.4 is 0 Å². The van der Waals surface area contributed by atoms with Gasteiger partial charge < -0.3 is 4.57 Å². The van der Waals surface area contributed by atoms with E-state index in [9.17, 15) is 0 Å². The summed E-state index contributed by atoms with van der Waals surface area (Å²) in [7, 11) is 0. The summed E-state index contributed by atoms with van der Waals surface area (Å²) >= 11 is 6.31. The Morgan fingerprint density at radius 3 is 2.59 bits per heavy atom. The summed E-state index contributed by atoms with van der Waals surface area (Å²) in [6.45, 7) is 0. The van der Waals surface area contributed by atoms with Gasteiger partial charge in [0.05, 0.1) is 12.4 Å². The van der Waals surface area contributed by atoms with Gasteiger partial charge in [0, 0.05) is 17.8 Å². The number of aromatic nitrogens is 2. The lowest BCUT2D eigenvalue weighted by atomic mass is 9.95. The third kappa shape index (κ3) is 2.44. The molecule has 0 amide bonds. The van der Waals surface area contributed by atoms with Gasteiger partial charge in [-0.2, -0.15) is 0 Å². The fourth-order valence-electron chi connectivity index (χ4n) is 3.35. The molecule has 110 valence electrons. The smallest absolute Gasteiger partial charge is 0.0954 e. The molecule has 22 heavy (non-hydrogen) atoms. The third-order valence-corrected chi connectivity index (χ3v) is 4.68. The zero-order chi connectivity index (χ0) is 14.9. The predicted molar refractivity (Wildman–Crippen MR) is 89.4 cm³/mol. The standard InChI is InChI=1S/C19H17ClN2/c20-18-11-15-6-7-16(10-17(15)12-18)19(22-9-8-21-13-22)14-4-2-1-3-5-14/h1-10,13,18-19H,11-12H2. The van der Waals surface area contributed by atoms with Gasteiger partial charge in [0.1, 0.15) is 0 Å². The number of nitrogens with zero attached hydrogens (tertiary/aromatic N) is 2. The fraction of sp³-hybridized carbons (Fsp3) is 0.211. The van der Waals surface area contributed by atoms with Gasteiger partial charge in [-0.25, -0.2) is 4.98 Å². The Labute approximate surface area is 135 Å². The van der Waals surface area contributed by atoms with E-state index in [1.54, 1.807) is 0 Å². The Bertz CT molecular complexity index is 765. The number of halogens is 1. The molecule has 0 saturated carbocycles. The molecule has 1 aromatic heterocycles. The topological polar surface area (TPSA) is 17.8 Å². The maximum absolute atomic E-state index is 6.31. The molecule has 0 saturated heterocycles. The molecule has 1 aliphatic carbocycles. The third-order valence-electron chi connectivity index (χ3n) is 4.37. The van der Waals surface area contributed by atoms with Gasteiger partial charge in [0.2, 0.25) is 0 Å². The quantitative estimate of drug-likeness (QED) is 0.662. The van der Waals surface area contributed by atoms with Gasteiger partial charge in [0.25, 0.3) is 0 Å². The highest BCUT2D eigenvalue weighted by Gasteiger charge is 2.22. The van der Waals surface area contributed by atoms with Gasteiger partial charge in [-0.05, 0) is 35.1 Å². The van der Waals surface area contributed by atoms with Crippen molar-refractivity contribution >= 4 is 11.6 Å². The van der Waals surface area contributed by atoms with Gasteiger partial charge in [0.15, 0.2) is 0 Å². The van der Waals surface area contributed by atoms with Crippen LogP contribution in [0, 0.1) is 0 Å². The number of alkyl halides is 1. The van der Waals surface area contributed by atoms with Crippen LogP contribution >= 0.6 is 11.6 Å². The summed E-state index contributed by atoms with van der Waals surface area (Å²) in [5.41, 5.74) is 5.33. The normalized spacial score (nSPS) is 18.1. The molecule has 2 atom stereocenters. The predicted octanol–water partition coefficient (Wildman–Crippen LogP) is 4.23. The molecular formula is C19H17ClN2. The molecule has 0 fully saturated rings. The van der Waals surface area contributed by atoms with Crippen molar-refractivity contribution < 1.29 is 0 Å². The summed E-state index contributed by atoms with van der Waals surface area (Å²) in [4.78, 5) is 4.22. The molecule has 0 radical (unpaired) electrons. The minimum absolute atomic E-state index is 0.156. The summed E-state index contributed by atoms with van der Waals surface area (Å²) in [5.74, 6) is 0. The lowest BCUT2D eigenvalue weighted by Gasteiger charge is -2.20. The molecule has 0 bridgehead atoms. The van der Waals surface area contributed by atoms with Crippen LogP contribution in [0.15, 0.2) is 67.3 Å². The zero-order valence-corrected chi connectivity index (χ0v) is 12.9. The number of hydrogen-bond acceptors (Lipinski definition) is 1. The first-order chi connectivity index (χ1) is 10.8. The Kier molecular flexibility index (Phi) is 3.47. The molecule has 4 rings (SSSR count). The van der Waals surface area contributed by atoms with Gasteiger partial charge >= 0.3 is 0 Å². The van der Waals surface area contributed by atoms with Gasteiger partial charge in [-0.3, -0.25) is 0 Å². The first kappa shape index (κ1) is 13.6. The van der Waals surface area contributed by atoms with E-state index in [4.69, 9.17) is 11.6 Å². The van der Waals surface area contributed by atoms with Crippen molar-refractivity contribution in [1.82, 2.24) is 9.55 Å². The van der Waals surface area contributed by atoms with E-state index >= 15 is 0 Å². The summed E-state index contributed by atoms with van der Waals surface area (Å²) < 4.78 is 2.16. The molecule has 0 N–H and O–H groups in total. The van der Waals surface area contributed by atoms with Crippen molar-refractivity contribution in [3.05, 3.63) is 89.5 Å². The Hall–Kier alpha value is -2.06. The molecule has 1 aliphatic rings. The maximum atomic E-state index is 6.31. The number of hydrogen-bond donors (Lipinski definition) is 0. The molecule has 3 heteroatoms. The lowest BCUT2D eigenvalue weighted by Crippen LogP contribution is -2.11. The van der Waals surface area contributed by atoms with Gasteiger partial charge in [-0.1, -0.05) is 48.5 Å². The van der Waals surface area contributed by atoms with Crippen molar-refractivity contribution in [1.29, 1.82) is 0 Å². The monoisotopic (exact) mass is 308 g/mol. The maximum Gasteiger partial charge on any atom is 0.0954 e. The molecule has 2 aromatic carbocycles. The highest BCUT2D eigenvalue weighted by atomic mass is 35.5. The average Bonchev–Trinajstić information content (AvgIpc) is 3.17. The summed E-state index contributed by atoms with van der Waals surface area (Å²) in [5, 5.41) is 0.244. The van der Waals surface area contributed by atoms with Crippen LogP contribution in [-0.4, -0.2) is 14.9 Å². The van der Waals surface area contributed by atoms with E-state index in [1.807, 2.05) is 18.7 Å². The van der Waals surface area contributed by atoms with Crippen LogP contribution in [-0.2, 0) is 12.8 Å². The minimum Gasteiger partial charge on any atom is -0.326 e. The molecule has 2 unspecified atom stereocenters. The van der Waals surface area contributed by atoms with Gasteiger partial charge in [-0.15, -0.1) is 11.6 Å². The molecular weight excluding hydrogens is 292 g/mol. The van der Waals surface area contributed by atoms with E-state index < -0.39 is 0 Å². The second kappa shape index (κ2) is 5.62. The van der Waals surface area contributed by atoms with E-state index in [-0.39, 0.29) is 11.4 Å². The number of fused-ring (bicyclic) bond motifs is 1. The van der Waals surface area contributed by atoms with Crippen LogP contribution in [0.5, 0.6) is 0 Å². The largest absolute Gasteiger partial charge is 0.326 e. The van der Waals surface area contributed by atoms with Crippen LogP contribution in [0.2, 0.25) is 0 Å². The average molecular weight is 309 g/mol. The van der Waals surface area contributed by atoms with Crippen molar-refractivity contribution in [3.8, 4) is 0 Å². The van der Waals surface area contributed by atoms with Crippen LogP contribution in [0.4, 0.5) is 0 Å². The van der Waals surface area contributed by atoms with E-state index in [1.165, 1.54) is 22.3 Å². The Morgan fingerprint density at radius 2 is 1.82 bits per heavy atom. The number of rotatable bonds is 3. The summed E-state index contributed by atoms with van der Waals surface area (Å²) in [6, 6.07) is 17.5. The summed E-state index contributed by atoms with van der Waals surface area (Å²) in [6.07, 6.45) is 7.69. The second-order valence-corrected chi connectivity index (χ2v) is 6.47. The number of benzene rings is 2. The Balaban J connectivity index is 1.81. The Morgan fingerprint density at radius 1 is 1.00 bits per heavy atom. The molecule has 2 nitrogen and oxygen atoms in total. The highest BCUT2D eigenvalue weighted by Crippen LogP contribution is 2.32. The van der Waals surface area contributed by atoms with E-state index in [2.05, 4.69) is 58.1 Å². The van der Waals surface area contributed by atoms with Crippen LogP contribution in [0.1, 0.15) is 28.3 Å². The molecule has 1 heterocycles. The van der Waals surface area contributed by atoms with Crippen LogP contribution in [0.25, 0.3) is 0 Å². The minimum atomic E-state index is 0.156. The van der Waals surface area contributed by atoms with Crippen molar-refractivity contribution in [2.24, 2.45) is 0 Å².